The Labute approximate surface area is 88.8 Å². The number of hydrogen-bond acceptors (Lipinski definition) is 4. The average molecular weight is 209 g/mol. The van der Waals surface area contributed by atoms with E-state index in [1.807, 2.05) is 24.3 Å². The Kier molecular flexibility index (Phi) is 3.08. The first kappa shape index (κ1) is 10.3. The molecule has 0 unspecified atom stereocenters. The molecule has 1 aliphatic heterocycles. The molecule has 1 aromatic rings. The molecule has 0 aromatic heterocycles. The van der Waals surface area contributed by atoms with Crippen LogP contribution in [0, 0.1) is 0 Å². The van der Waals surface area contributed by atoms with Crippen LogP contribution in [0.15, 0.2) is 24.3 Å². The molecule has 0 radical (unpaired) electrons. The minimum absolute atomic E-state index is 0.154. The first-order chi connectivity index (χ1) is 7.29. The van der Waals surface area contributed by atoms with Gasteiger partial charge in [-0.2, -0.15) is 0 Å². The largest absolute Gasteiger partial charge is 0.497 e. The predicted octanol–water partition coefficient (Wildman–Crippen LogP) is 0.407. The Morgan fingerprint density at radius 3 is 2.40 bits per heavy atom. The number of methoxy groups -OCH3 is 1. The van der Waals surface area contributed by atoms with Crippen molar-refractivity contribution < 1.29 is 14.6 Å². The molecule has 1 heterocycles. The molecule has 0 spiro atoms. The second kappa shape index (κ2) is 4.51. The molecule has 0 amide bonds. The lowest BCUT2D eigenvalue weighted by molar-refractivity contribution is 0.0737. The fraction of sp³-hybridized carbons (Fsp3) is 0.455. The molecule has 0 aliphatic carbocycles. The molecule has 1 fully saturated rings. The SMILES string of the molecule is COc1ccc(O[C@@H]2CNC[C@H]2O)cc1. The second-order valence-electron chi connectivity index (χ2n) is 3.56. The van der Waals surface area contributed by atoms with E-state index in [2.05, 4.69) is 5.32 Å². The van der Waals surface area contributed by atoms with Crippen molar-refractivity contribution in [1.29, 1.82) is 0 Å². The number of β-amino-alcohol motifs (C(OH)–C–C–N with tert-alkyl or cyclic N) is 1. The highest BCUT2D eigenvalue weighted by Crippen LogP contribution is 2.19. The Hall–Kier alpha value is -1.26. The standard InChI is InChI=1S/C11H15NO3/c1-14-8-2-4-9(5-3-8)15-11-7-12-6-10(11)13/h2-5,10-13H,6-7H2,1H3/t10-,11-/m1/s1. The molecule has 15 heavy (non-hydrogen) atoms. The summed E-state index contributed by atoms with van der Waals surface area (Å²) in [5.41, 5.74) is 0. The van der Waals surface area contributed by atoms with Gasteiger partial charge in [-0.1, -0.05) is 0 Å². The van der Waals surface area contributed by atoms with E-state index in [9.17, 15) is 5.11 Å². The van der Waals surface area contributed by atoms with Crippen molar-refractivity contribution in [2.45, 2.75) is 12.2 Å². The molecular formula is C11H15NO3. The lowest BCUT2D eigenvalue weighted by Crippen LogP contribution is -2.29. The zero-order chi connectivity index (χ0) is 10.7. The Morgan fingerprint density at radius 2 is 1.87 bits per heavy atom. The zero-order valence-corrected chi connectivity index (χ0v) is 8.64. The summed E-state index contributed by atoms with van der Waals surface area (Å²) >= 11 is 0. The molecule has 4 nitrogen and oxygen atoms in total. The molecule has 2 N–H and O–H groups in total. The first-order valence-electron chi connectivity index (χ1n) is 4.99. The van der Waals surface area contributed by atoms with Crippen LogP contribution in [0.25, 0.3) is 0 Å². The van der Waals surface area contributed by atoms with Gasteiger partial charge in [-0.15, -0.1) is 0 Å². The maximum atomic E-state index is 9.54. The number of nitrogens with one attached hydrogen (secondary N) is 1. The predicted molar refractivity (Wildman–Crippen MR) is 56.3 cm³/mol. The van der Waals surface area contributed by atoms with Crippen LogP contribution < -0.4 is 14.8 Å². The summed E-state index contributed by atoms with van der Waals surface area (Å²) in [7, 11) is 1.63. The summed E-state index contributed by atoms with van der Waals surface area (Å²) in [4.78, 5) is 0. The molecule has 2 atom stereocenters. The van der Waals surface area contributed by atoms with Gasteiger partial charge >= 0.3 is 0 Å². The van der Waals surface area contributed by atoms with Crippen molar-refractivity contribution >= 4 is 0 Å². The zero-order valence-electron chi connectivity index (χ0n) is 8.64. The van der Waals surface area contributed by atoms with E-state index in [0.29, 0.717) is 13.1 Å². The number of aliphatic hydroxyl groups is 1. The van der Waals surface area contributed by atoms with Gasteiger partial charge in [-0.3, -0.25) is 0 Å². The number of ether oxygens (including phenoxy) is 2. The molecule has 0 bridgehead atoms. The van der Waals surface area contributed by atoms with Crippen molar-refractivity contribution in [2.24, 2.45) is 0 Å². The van der Waals surface area contributed by atoms with Crippen LogP contribution >= 0.6 is 0 Å². The summed E-state index contributed by atoms with van der Waals surface area (Å²) < 4.78 is 10.7. The van der Waals surface area contributed by atoms with Crippen molar-refractivity contribution in [3.63, 3.8) is 0 Å². The fourth-order valence-corrected chi connectivity index (χ4v) is 1.59. The van der Waals surface area contributed by atoms with Gasteiger partial charge in [0.2, 0.25) is 0 Å². The Bertz CT molecular complexity index is 312. The highest BCUT2D eigenvalue weighted by Gasteiger charge is 2.26. The summed E-state index contributed by atoms with van der Waals surface area (Å²) in [6.07, 6.45) is -0.578. The number of rotatable bonds is 3. The van der Waals surface area contributed by atoms with Gasteiger partial charge in [0.1, 0.15) is 23.7 Å². The number of hydrogen-bond donors (Lipinski definition) is 2. The maximum absolute atomic E-state index is 9.54. The van der Waals surface area contributed by atoms with Crippen LogP contribution in [-0.2, 0) is 0 Å². The summed E-state index contributed by atoms with van der Waals surface area (Å²) in [5.74, 6) is 1.55. The van der Waals surface area contributed by atoms with Crippen molar-refractivity contribution in [2.75, 3.05) is 20.2 Å². The summed E-state index contributed by atoms with van der Waals surface area (Å²) in [5, 5.41) is 12.6. The van der Waals surface area contributed by atoms with Gasteiger partial charge in [0.15, 0.2) is 0 Å². The maximum Gasteiger partial charge on any atom is 0.138 e. The number of benzene rings is 1. The molecule has 2 rings (SSSR count). The third-order valence-corrected chi connectivity index (χ3v) is 2.48. The van der Waals surface area contributed by atoms with Crippen LogP contribution in [0.5, 0.6) is 11.5 Å². The van der Waals surface area contributed by atoms with E-state index in [-0.39, 0.29) is 6.10 Å². The monoisotopic (exact) mass is 209 g/mol. The van der Waals surface area contributed by atoms with Crippen LogP contribution in [0.1, 0.15) is 0 Å². The summed E-state index contributed by atoms with van der Waals surface area (Å²) in [6.45, 7) is 1.29. The normalized spacial score (nSPS) is 25.2. The van der Waals surface area contributed by atoms with Gasteiger partial charge in [-0.25, -0.2) is 0 Å². The minimum atomic E-state index is -0.424. The quantitative estimate of drug-likeness (QED) is 0.757. The molecule has 4 heteroatoms. The minimum Gasteiger partial charge on any atom is -0.497 e. The van der Waals surface area contributed by atoms with Crippen LogP contribution in [0.2, 0.25) is 0 Å². The van der Waals surface area contributed by atoms with Crippen molar-refractivity contribution in [3.8, 4) is 11.5 Å². The Morgan fingerprint density at radius 1 is 1.20 bits per heavy atom. The summed E-state index contributed by atoms with van der Waals surface area (Å²) in [6, 6.07) is 7.35. The van der Waals surface area contributed by atoms with Crippen molar-refractivity contribution in [3.05, 3.63) is 24.3 Å². The Balaban J connectivity index is 1.98. The lowest BCUT2D eigenvalue weighted by Gasteiger charge is -2.16. The molecule has 1 aromatic carbocycles. The van der Waals surface area contributed by atoms with E-state index >= 15 is 0 Å². The molecule has 82 valence electrons. The fourth-order valence-electron chi connectivity index (χ4n) is 1.59. The highest BCUT2D eigenvalue weighted by atomic mass is 16.5. The topological polar surface area (TPSA) is 50.7 Å². The van der Waals surface area contributed by atoms with Gasteiger partial charge in [-0.05, 0) is 24.3 Å². The lowest BCUT2D eigenvalue weighted by atomic mass is 10.2. The van der Waals surface area contributed by atoms with E-state index in [0.717, 1.165) is 11.5 Å². The van der Waals surface area contributed by atoms with E-state index in [4.69, 9.17) is 9.47 Å². The molecule has 0 saturated carbocycles. The van der Waals surface area contributed by atoms with Gasteiger partial charge in [0.05, 0.1) is 7.11 Å². The molecule has 1 saturated heterocycles. The smallest absolute Gasteiger partial charge is 0.138 e. The molecule has 1 aliphatic rings. The van der Waals surface area contributed by atoms with E-state index < -0.39 is 6.10 Å². The number of aliphatic hydroxyl groups excluding tert-OH is 1. The first-order valence-corrected chi connectivity index (χ1v) is 4.99. The van der Waals surface area contributed by atoms with Crippen LogP contribution in [0.3, 0.4) is 0 Å². The third-order valence-electron chi connectivity index (χ3n) is 2.48. The van der Waals surface area contributed by atoms with Crippen LogP contribution in [-0.4, -0.2) is 37.5 Å². The van der Waals surface area contributed by atoms with E-state index in [1.165, 1.54) is 0 Å². The third kappa shape index (κ3) is 2.40. The van der Waals surface area contributed by atoms with Crippen molar-refractivity contribution in [1.82, 2.24) is 5.32 Å². The van der Waals surface area contributed by atoms with Gasteiger partial charge in [0, 0.05) is 13.1 Å². The second-order valence-corrected chi connectivity index (χ2v) is 3.56. The molecular weight excluding hydrogens is 194 g/mol. The van der Waals surface area contributed by atoms with Gasteiger partial charge in [0.25, 0.3) is 0 Å². The van der Waals surface area contributed by atoms with Crippen LogP contribution in [0.4, 0.5) is 0 Å². The highest BCUT2D eigenvalue weighted by molar-refractivity contribution is 5.31. The van der Waals surface area contributed by atoms with Gasteiger partial charge < -0.3 is 19.9 Å². The van der Waals surface area contributed by atoms with E-state index in [1.54, 1.807) is 7.11 Å². The average Bonchev–Trinajstić information content (AvgIpc) is 2.66.